The van der Waals surface area contributed by atoms with Crippen LogP contribution in [-0.4, -0.2) is 32.0 Å². The van der Waals surface area contributed by atoms with E-state index in [0.717, 1.165) is 22.8 Å². The Hall–Kier alpha value is -3.26. The first kappa shape index (κ1) is 15.3. The van der Waals surface area contributed by atoms with Crippen LogP contribution in [0.2, 0.25) is 0 Å². The van der Waals surface area contributed by atoms with Crippen LogP contribution in [-0.2, 0) is 0 Å². The number of aromatic amines is 1. The van der Waals surface area contributed by atoms with Crippen molar-refractivity contribution in [2.45, 2.75) is 0 Å². The zero-order chi connectivity index (χ0) is 17.2. The van der Waals surface area contributed by atoms with Gasteiger partial charge in [-0.2, -0.15) is 13.8 Å². The monoisotopic (exact) mass is 351 g/mol. The number of carbonyl (C=O) groups is 1. The summed E-state index contributed by atoms with van der Waals surface area (Å²) < 4.78 is 13.7. The van der Waals surface area contributed by atoms with Crippen molar-refractivity contribution in [3.05, 3.63) is 54.2 Å². The standard InChI is InChI=1S/C17H13N5O2S/c1-24-15-8-3-2-5-10(15)13-9-14(20-19-13)17(23)18-11-6-4-7-12-16(11)22-25-21-12/h2-9H,1H3,(H,18,23)(H,19,20). The highest BCUT2D eigenvalue weighted by molar-refractivity contribution is 7.00. The minimum atomic E-state index is -0.297. The molecule has 2 aromatic heterocycles. The number of methoxy groups -OCH3 is 1. The summed E-state index contributed by atoms with van der Waals surface area (Å²) in [6.07, 6.45) is 0. The SMILES string of the molecule is COc1ccccc1-c1cc(C(=O)Nc2cccc3nsnc23)[nH]n1. The first-order valence-electron chi connectivity index (χ1n) is 7.47. The maximum atomic E-state index is 12.5. The lowest BCUT2D eigenvalue weighted by Gasteiger charge is -2.04. The minimum Gasteiger partial charge on any atom is -0.496 e. The number of fused-ring (bicyclic) bond motifs is 1. The van der Waals surface area contributed by atoms with Gasteiger partial charge in [0.1, 0.15) is 22.5 Å². The Morgan fingerprint density at radius 1 is 1.16 bits per heavy atom. The Labute approximate surface area is 147 Å². The molecule has 0 radical (unpaired) electrons. The van der Waals surface area contributed by atoms with Crippen molar-refractivity contribution in [2.75, 3.05) is 12.4 Å². The molecule has 0 aliphatic carbocycles. The van der Waals surface area contributed by atoms with E-state index in [2.05, 4.69) is 24.3 Å². The van der Waals surface area contributed by atoms with Crippen molar-refractivity contribution in [3.8, 4) is 17.0 Å². The number of anilines is 1. The van der Waals surface area contributed by atoms with Gasteiger partial charge in [0, 0.05) is 5.56 Å². The molecule has 8 heteroatoms. The van der Waals surface area contributed by atoms with Crippen LogP contribution in [0.3, 0.4) is 0 Å². The first-order valence-corrected chi connectivity index (χ1v) is 8.21. The predicted molar refractivity (Wildman–Crippen MR) is 95.9 cm³/mol. The Morgan fingerprint density at radius 2 is 2.04 bits per heavy atom. The van der Waals surface area contributed by atoms with Crippen molar-refractivity contribution in [1.29, 1.82) is 0 Å². The maximum absolute atomic E-state index is 12.5. The van der Waals surface area contributed by atoms with E-state index < -0.39 is 0 Å². The molecule has 0 atom stereocenters. The molecule has 0 aliphatic rings. The van der Waals surface area contributed by atoms with E-state index in [1.807, 2.05) is 36.4 Å². The summed E-state index contributed by atoms with van der Waals surface area (Å²) in [5, 5.41) is 9.83. The molecule has 2 N–H and O–H groups in total. The van der Waals surface area contributed by atoms with Gasteiger partial charge >= 0.3 is 0 Å². The Kier molecular flexibility index (Phi) is 3.87. The van der Waals surface area contributed by atoms with E-state index >= 15 is 0 Å². The molecular formula is C17H13N5O2S. The summed E-state index contributed by atoms with van der Waals surface area (Å²) in [7, 11) is 1.60. The van der Waals surface area contributed by atoms with Crippen LogP contribution in [0, 0.1) is 0 Å². The van der Waals surface area contributed by atoms with Gasteiger partial charge in [0.05, 0.1) is 30.2 Å². The van der Waals surface area contributed by atoms with Gasteiger partial charge in [0.2, 0.25) is 0 Å². The van der Waals surface area contributed by atoms with Gasteiger partial charge in [0.25, 0.3) is 5.91 Å². The highest BCUT2D eigenvalue weighted by Gasteiger charge is 2.15. The number of hydrogen-bond donors (Lipinski definition) is 2. The summed E-state index contributed by atoms with van der Waals surface area (Å²) in [5.74, 6) is 0.397. The van der Waals surface area contributed by atoms with Crippen molar-refractivity contribution in [1.82, 2.24) is 18.9 Å². The topological polar surface area (TPSA) is 92.8 Å². The molecule has 2 heterocycles. The second kappa shape index (κ2) is 6.33. The molecule has 0 unspecified atom stereocenters. The van der Waals surface area contributed by atoms with E-state index in [0.29, 0.717) is 28.3 Å². The molecule has 0 saturated carbocycles. The summed E-state index contributed by atoms with van der Waals surface area (Å²) >= 11 is 1.11. The Bertz CT molecular complexity index is 1060. The quantitative estimate of drug-likeness (QED) is 0.588. The van der Waals surface area contributed by atoms with Crippen molar-refractivity contribution in [3.63, 3.8) is 0 Å². The number of nitrogens with one attached hydrogen (secondary N) is 2. The zero-order valence-electron chi connectivity index (χ0n) is 13.2. The number of para-hydroxylation sites is 1. The van der Waals surface area contributed by atoms with Crippen LogP contribution in [0.15, 0.2) is 48.5 Å². The number of ether oxygens (including phenoxy) is 1. The van der Waals surface area contributed by atoms with Gasteiger partial charge in [-0.05, 0) is 30.3 Å². The Balaban J connectivity index is 1.62. The average Bonchev–Trinajstić information content (AvgIpc) is 3.31. The molecule has 0 fully saturated rings. The Morgan fingerprint density at radius 3 is 2.92 bits per heavy atom. The number of H-pyrrole nitrogens is 1. The third-order valence-corrected chi connectivity index (χ3v) is 4.28. The van der Waals surface area contributed by atoms with Gasteiger partial charge in [-0.25, -0.2) is 0 Å². The molecule has 0 spiro atoms. The fourth-order valence-electron chi connectivity index (χ4n) is 2.53. The second-order valence-corrected chi connectivity index (χ2v) is 5.79. The van der Waals surface area contributed by atoms with E-state index in [1.54, 1.807) is 19.2 Å². The first-order chi connectivity index (χ1) is 12.3. The number of benzene rings is 2. The number of amides is 1. The molecule has 0 saturated heterocycles. The zero-order valence-corrected chi connectivity index (χ0v) is 14.0. The molecule has 25 heavy (non-hydrogen) atoms. The molecule has 1 amide bonds. The summed E-state index contributed by atoms with van der Waals surface area (Å²) in [4.78, 5) is 12.5. The normalized spacial score (nSPS) is 10.8. The average molecular weight is 351 g/mol. The van der Waals surface area contributed by atoms with E-state index in [-0.39, 0.29) is 5.91 Å². The number of aromatic nitrogens is 4. The van der Waals surface area contributed by atoms with Gasteiger partial charge in [-0.15, -0.1) is 0 Å². The van der Waals surface area contributed by atoms with Crippen LogP contribution >= 0.6 is 11.7 Å². The maximum Gasteiger partial charge on any atom is 0.273 e. The summed E-state index contributed by atoms with van der Waals surface area (Å²) in [6, 6.07) is 14.7. The molecular weight excluding hydrogens is 338 g/mol. The predicted octanol–water partition coefficient (Wildman–Crippen LogP) is 3.34. The van der Waals surface area contributed by atoms with Crippen LogP contribution in [0.1, 0.15) is 10.5 Å². The van der Waals surface area contributed by atoms with Crippen LogP contribution in [0.5, 0.6) is 5.75 Å². The highest BCUT2D eigenvalue weighted by Crippen LogP contribution is 2.28. The van der Waals surface area contributed by atoms with Crippen LogP contribution in [0.4, 0.5) is 5.69 Å². The minimum absolute atomic E-state index is 0.297. The fraction of sp³-hybridized carbons (Fsp3) is 0.0588. The summed E-state index contributed by atoms with van der Waals surface area (Å²) in [5.41, 5.74) is 3.83. The molecule has 7 nitrogen and oxygen atoms in total. The van der Waals surface area contributed by atoms with Crippen molar-refractivity contribution in [2.24, 2.45) is 0 Å². The molecule has 2 aromatic carbocycles. The molecule has 0 bridgehead atoms. The smallest absolute Gasteiger partial charge is 0.273 e. The number of hydrogen-bond acceptors (Lipinski definition) is 6. The lowest BCUT2D eigenvalue weighted by molar-refractivity contribution is 0.102. The molecule has 4 aromatic rings. The van der Waals surface area contributed by atoms with Gasteiger partial charge in [0.15, 0.2) is 0 Å². The van der Waals surface area contributed by atoms with Crippen molar-refractivity contribution >= 4 is 34.4 Å². The van der Waals surface area contributed by atoms with Gasteiger partial charge in [-0.1, -0.05) is 18.2 Å². The number of rotatable bonds is 4. The summed E-state index contributed by atoms with van der Waals surface area (Å²) in [6.45, 7) is 0. The third kappa shape index (κ3) is 2.83. The van der Waals surface area contributed by atoms with Crippen LogP contribution < -0.4 is 10.1 Å². The van der Waals surface area contributed by atoms with Gasteiger partial charge in [-0.3, -0.25) is 9.89 Å². The van der Waals surface area contributed by atoms with E-state index in [9.17, 15) is 4.79 Å². The van der Waals surface area contributed by atoms with Gasteiger partial charge < -0.3 is 10.1 Å². The highest BCUT2D eigenvalue weighted by atomic mass is 32.1. The van der Waals surface area contributed by atoms with Crippen molar-refractivity contribution < 1.29 is 9.53 Å². The number of carbonyl (C=O) groups excluding carboxylic acids is 1. The number of nitrogens with zero attached hydrogens (tertiary/aromatic N) is 3. The molecule has 124 valence electrons. The lowest BCUT2D eigenvalue weighted by atomic mass is 10.1. The lowest BCUT2D eigenvalue weighted by Crippen LogP contribution is -2.12. The molecule has 4 rings (SSSR count). The largest absolute Gasteiger partial charge is 0.496 e. The second-order valence-electron chi connectivity index (χ2n) is 5.26. The van der Waals surface area contributed by atoms with Crippen LogP contribution in [0.25, 0.3) is 22.3 Å². The third-order valence-electron chi connectivity index (χ3n) is 3.74. The van der Waals surface area contributed by atoms with E-state index in [4.69, 9.17) is 4.74 Å². The van der Waals surface area contributed by atoms with E-state index in [1.165, 1.54) is 0 Å². The molecule has 0 aliphatic heterocycles. The fourth-order valence-corrected chi connectivity index (χ4v) is 3.08.